The van der Waals surface area contributed by atoms with Crippen LogP contribution in [-0.2, 0) is 11.3 Å². The average Bonchev–Trinajstić information content (AvgIpc) is 2.96. The number of hydrogen-bond acceptors (Lipinski definition) is 3. The summed E-state index contributed by atoms with van der Waals surface area (Å²) < 4.78 is 1.07. The lowest BCUT2D eigenvalue weighted by molar-refractivity contribution is -0.125. The minimum Gasteiger partial charge on any atom is -0.337 e. The van der Waals surface area contributed by atoms with Gasteiger partial charge in [-0.15, -0.1) is 22.7 Å². The molecule has 19 heavy (non-hydrogen) atoms. The molecule has 0 fully saturated rings. The number of amides is 1. The van der Waals surface area contributed by atoms with Crippen LogP contribution in [0, 0.1) is 6.92 Å². The summed E-state index contributed by atoms with van der Waals surface area (Å²) in [6.45, 7) is 2.74. The van der Waals surface area contributed by atoms with E-state index in [4.69, 9.17) is 0 Å². The number of hydrogen-bond donors (Lipinski definition) is 0. The Morgan fingerprint density at radius 1 is 1.42 bits per heavy atom. The van der Waals surface area contributed by atoms with Gasteiger partial charge >= 0.3 is 0 Å². The molecule has 0 aliphatic rings. The highest BCUT2D eigenvalue weighted by Crippen LogP contribution is 2.23. The molecule has 0 spiro atoms. The number of rotatable bonds is 4. The van der Waals surface area contributed by atoms with Gasteiger partial charge in [0.15, 0.2) is 0 Å². The molecule has 2 rings (SSSR count). The Labute approximate surface area is 129 Å². The first kappa shape index (κ1) is 14.5. The number of thiophene rings is 2. The molecule has 2 aromatic heterocycles. The van der Waals surface area contributed by atoms with E-state index in [1.807, 2.05) is 25.3 Å². The van der Waals surface area contributed by atoms with E-state index in [1.54, 1.807) is 33.6 Å². The van der Waals surface area contributed by atoms with Gasteiger partial charge in [0.25, 0.3) is 0 Å². The Morgan fingerprint density at radius 2 is 2.21 bits per heavy atom. The Bertz CT molecular complexity index is 600. The number of nitrogens with zero attached hydrogens (tertiary/aromatic N) is 1. The van der Waals surface area contributed by atoms with Gasteiger partial charge in [-0.25, -0.2) is 0 Å². The molecule has 0 aromatic carbocycles. The fourth-order valence-electron chi connectivity index (χ4n) is 1.56. The quantitative estimate of drug-likeness (QED) is 0.736. The Balaban J connectivity index is 1.96. The largest absolute Gasteiger partial charge is 0.337 e. The number of aryl methyl sites for hydroxylation is 1. The second kappa shape index (κ2) is 6.50. The molecule has 0 saturated carbocycles. The van der Waals surface area contributed by atoms with Crippen LogP contribution in [0.1, 0.15) is 15.3 Å². The van der Waals surface area contributed by atoms with Crippen LogP contribution in [0.2, 0.25) is 0 Å². The second-order valence-corrected chi connectivity index (χ2v) is 7.69. The van der Waals surface area contributed by atoms with E-state index < -0.39 is 0 Å². The molecule has 100 valence electrons. The smallest absolute Gasteiger partial charge is 0.246 e. The number of likely N-dealkylation sites (N-methyl/N-ethyl adjacent to an activating group) is 1. The molecule has 5 heteroatoms. The lowest BCUT2D eigenvalue weighted by atomic mass is 10.3. The van der Waals surface area contributed by atoms with Crippen molar-refractivity contribution >= 4 is 50.6 Å². The molecule has 2 nitrogen and oxygen atoms in total. The third-order valence-electron chi connectivity index (χ3n) is 2.71. The van der Waals surface area contributed by atoms with Gasteiger partial charge < -0.3 is 4.90 Å². The van der Waals surface area contributed by atoms with Crippen LogP contribution in [0.5, 0.6) is 0 Å². The van der Waals surface area contributed by atoms with Crippen LogP contribution in [0.15, 0.2) is 33.4 Å². The van der Waals surface area contributed by atoms with Crippen molar-refractivity contribution in [3.63, 3.8) is 0 Å². The van der Waals surface area contributed by atoms with E-state index in [2.05, 4.69) is 34.3 Å². The van der Waals surface area contributed by atoms with Crippen molar-refractivity contribution in [1.82, 2.24) is 4.90 Å². The third-order valence-corrected chi connectivity index (χ3v) is 5.31. The minimum atomic E-state index is 0.0253. The monoisotopic (exact) mass is 355 g/mol. The van der Waals surface area contributed by atoms with Gasteiger partial charge in [-0.1, -0.05) is 0 Å². The van der Waals surface area contributed by atoms with E-state index in [9.17, 15) is 4.79 Å². The molecular weight excluding hydrogens is 342 g/mol. The Morgan fingerprint density at radius 3 is 2.79 bits per heavy atom. The lowest BCUT2D eigenvalue weighted by Crippen LogP contribution is -2.23. The predicted octanol–water partition coefficient (Wildman–Crippen LogP) is 4.55. The summed E-state index contributed by atoms with van der Waals surface area (Å²) in [4.78, 5) is 16.0. The zero-order valence-corrected chi connectivity index (χ0v) is 13.9. The van der Waals surface area contributed by atoms with E-state index in [0.717, 1.165) is 8.66 Å². The first-order chi connectivity index (χ1) is 9.06. The van der Waals surface area contributed by atoms with Crippen molar-refractivity contribution < 1.29 is 4.79 Å². The average molecular weight is 356 g/mol. The van der Waals surface area contributed by atoms with Gasteiger partial charge in [-0.05, 0) is 58.1 Å². The standard InChI is InChI=1S/C14H14BrNOS2/c1-10-7-8-18-12(10)9-16(2)14(17)6-4-11-3-5-13(15)19-11/h3-8H,9H2,1-2H3/b6-4+. The normalized spacial score (nSPS) is 11.1. The molecule has 0 aliphatic carbocycles. The summed E-state index contributed by atoms with van der Waals surface area (Å²) in [5.41, 5.74) is 1.25. The molecule has 2 aromatic rings. The number of carbonyl (C=O) groups excluding carboxylic acids is 1. The Kier molecular flexibility index (Phi) is 4.96. The van der Waals surface area contributed by atoms with Crippen molar-refractivity contribution in [2.75, 3.05) is 7.05 Å². The SMILES string of the molecule is Cc1ccsc1CN(C)C(=O)/C=C/c1ccc(Br)s1. The van der Waals surface area contributed by atoms with Gasteiger partial charge in [0.1, 0.15) is 0 Å². The summed E-state index contributed by atoms with van der Waals surface area (Å²) in [6, 6.07) is 6.05. The van der Waals surface area contributed by atoms with Crippen molar-refractivity contribution in [3.8, 4) is 0 Å². The predicted molar refractivity (Wildman–Crippen MR) is 86.6 cm³/mol. The highest BCUT2D eigenvalue weighted by Gasteiger charge is 2.08. The van der Waals surface area contributed by atoms with Gasteiger partial charge in [0, 0.05) is 22.9 Å². The molecule has 0 bridgehead atoms. The molecule has 0 aliphatic heterocycles. The number of halogens is 1. The van der Waals surface area contributed by atoms with Crippen LogP contribution >= 0.6 is 38.6 Å². The molecule has 1 amide bonds. The maximum atomic E-state index is 12.0. The lowest BCUT2D eigenvalue weighted by Gasteiger charge is -2.14. The van der Waals surface area contributed by atoms with Crippen LogP contribution in [0.25, 0.3) is 6.08 Å². The molecule has 0 atom stereocenters. The van der Waals surface area contributed by atoms with Gasteiger partial charge in [0.05, 0.1) is 10.3 Å². The maximum Gasteiger partial charge on any atom is 0.246 e. The number of carbonyl (C=O) groups is 1. The van der Waals surface area contributed by atoms with Crippen LogP contribution < -0.4 is 0 Å². The van der Waals surface area contributed by atoms with E-state index in [-0.39, 0.29) is 5.91 Å². The fraction of sp³-hybridized carbons (Fsp3) is 0.214. The van der Waals surface area contributed by atoms with Crippen LogP contribution in [0.3, 0.4) is 0 Å². The topological polar surface area (TPSA) is 20.3 Å². The summed E-state index contributed by atoms with van der Waals surface area (Å²) in [6.07, 6.45) is 3.48. The summed E-state index contributed by atoms with van der Waals surface area (Å²) in [5, 5.41) is 2.06. The summed E-state index contributed by atoms with van der Waals surface area (Å²) in [7, 11) is 1.83. The fourth-order valence-corrected chi connectivity index (χ4v) is 3.84. The van der Waals surface area contributed by atoms with E-state index >= 15 is 0 Å². The van der Waals surface area contributed by atoms with Gasteiger partial charge in [0.2, 0.25) is 5.91 Å². The van der Waals surface area contributed by atoms with Crippen LogP contribution in [0.4, 0.5) is 0 Å². The van der Waals surface area contributed by atoms with Crippen molar-refractivity contribution in [2.45, 2.75) is 13.5 Å². The third kappa shape index (κ3) is 4.03. The van der Waals surface area contributed by atoms with Gasteiger partial charge in [-0.2, -0.15) is 0 Å². The summed E-state index contributed by atoms with van der Waals surface area (Å²) in [5.74, 6) is 0.0253. The van der Waals surface area contributed by atoms with E-state index in [0.29, 0.717) is 6.54 Å². The maximum absolute atomic E-state index is 12.0. The van der Waals surface area contributed by atoms with Crippen molar-refractivity contribution in [2.24, 2.45) is 0 Å². The van der Waals surface area contributed by atoms with Crippen molar-refractivity contribution in [1.29, 1.82) is 0 Å². The zero-order valence-electron chi connectivity index (χ0n) is 10.7. The molecule has 0 N–H and O–H groups in total. The van der Waals surface area contributed by atoms with Crippen molar-refractivity contribution in [3.05, 3.63) is 48.8 Å². The van der Waals surface area contributed by atoms with Gasteiger partial charge in [-0.3, -0.25) is 4.79 Å². The first-order valence-corrected chi connectivity index (χ1v) is 8.26. The van der Waals surface area contributed by atoms with Crippen LogP contribution in [-0.4, -0.2) is 17.9 Å². The molecule has 0 saturated heterocycles. The second-order valence-electron chi connectivity index (χ2n) is 4.20. The molecule has 0 unspecified atom stereocenters. The minimum absolute atomic E-state index is 0.0253. The molecular formula is C14H14BrNOS2. The highest BCUT2D eigenvalue weighted by atomic mass is 79.9. The molecule has 2 heterocycles. The first-order valence-electron chi connectivity index (χ1n) is 5.78. The Hall–Kier alpha value is -0.910. The highest BCUT2D eigenvalue weighted by molar-refractivity contribution is 9.11. The summed E-state index contributed by atoms with van der Waals surface area (Å²) >= 11 is 6.71. The van der Waals surface area contributed by atoms with E-state index in [1.165, 1.54) is 10.4 Å². The molecule has 0 radical (unpaired) electrons. The zero-order chi connectivity index (χ0) is 13.8.